The van der Waals surface area contributed by atoms with Gasteiger partial charge in [-0.1, -0.05) is 33.6 Å². The molecule has 94 valence electrons. The molecule has 0 spiro atoms. The van der Waals surface area contributed by atoms with Gasteiger partial charge in [-0.25, -0.2) is 9.97 Å². The number of nitrogens with zero attached hydrogens (tertiary/aromatic N) is 2. The first kappa shape index (κ1) is 12.8. The topological polar surface area (TPSA) is 37.8 Å². The lowest BCUT2D eigenvalue weighted by Gasteiger charge is -2.19. The van der Waals surface area contributed by atoms with E-state index in [1.807, 2.05) is 6.07 Å². The molecule has 0 saturated heterocycles. The van der Waals surface area contributed by atoms with Gasteiger partial charge in [0.15, 0.2) is 0 Å². The zero-order valence-corrected chi connectivity index (χ0v) is 12.3. The maximum absolute atomic E-state index is 4.62. The first-order valence-electron chi connectivity index (χ1n) is 6.27. The molecule has 17 heavy (non-hydrogen) atoms. The van der Waals surface area contributed by atoms with Gasteiger partial charge in [-0.05, 0) is 28.8 Å². The van der Waals surface area contributed by atoms with E-state index < -0.39 is 0 Å². The third-order valence-corrected chi connectivity index (χ3v) is 3.48. The van der Waals surface area contributed by atoms with Crippen LogP contribution < -0.4 is 5.32 Å². The Labute approximate surface area is 112 Å². The maximum Gasteiger partial charge on any atom is 0.137 e. The lowest BCUT2D eigenvalue weighted by molar-refractivity contribution is 0.543. The smallest absolute Gasteiger partial charge is 0.137 e. The fraction of sp³-hybridized carbons (Fsp3) is 0.692. The lowest BCUT2D eigenvalue weighted by Crippen LogP contribution is -2.20. The van der Waals surface area contributed by atoms with Crippen molar-refractivity contribution in [3.63, 3.8) is 0 Å². The molecule has 1 aromatic rings. The molecule has 0 bridgehead atoms. The summed E-state index contributed by atoms with van der Waals surface area (Å²) < 4.78 is 0.859. The molecule has 1 aromatic heterocycles. The minimum Gasteiger partial charge on any atom is -0.367 e. The molecule has 0 aromatic carbocycles. The highest BCUT2D eigenvalue weighted by atomic mass is 79.9. The summed E-state index contributed by atoms with van der Waals surface area (Å²) in [5.74, 6) is 1.83. The van der Waals surface area contributed by atoms with Gasteiger partial charge in [-0.15, -0.1) is 0 Å². The maximum atomic E-state index is 4.62. The number of nitrogens with one attached hydrogen (secondary N) is 1. The number of aromatic nitrogens is 2. The molecule has 0 atom stereocenters. The zero-order chi connectivity index (χ0) is 12.5. The van der Waals surface area contributed by atoms with E-state index in [9.17, 15) is 0 Å². The third-order valence-electron chi connectivity index (χ3n) is 3.07. The van der Waals surface area contributed by atoms with Crippen LogP contribution in [0.2, 0.25) is 0 Å². The Kier molecular flexibility index (Phi) is 3.71. The minimum absolute atomic E-state index is 0.0180. The van der Waals surface area contributed by atoms with Crippen molar-refractivity contribution >= 4 is 21.7 Å². The van der Waals surface area contributed by atoms with Gasteiger partial charge in [0, 0.05) is 17.5 Å². The SMILES string of the molecule is CC(C)(C)c1nc(Br)cc(NC2CCCC2)n1. The van der Waals surface area contributed by atoms with Crippen LogP contribution in [-0.2, 0) is 5.41 Å². The summed E-state index contributed by atoms with van der Waals surface area (Å²) in [7, 11) is 0. The molecule has 1 aliphatic rings. The van der Waals surface area contributed by atoms with Gasteiger partial charge in [0.25, 0.3) is 0 Å². The second-order valence-corrected chi connectivity index (χ2v) is 6.59. The largest absolute Gasteiger partial charge is 0.367 e. The average Bonchev–Trinajstić information content (AvgIpc) is 2.68. The van der Waals surface area contributed by atoms with E-state index in [1.54, 1.807) is 0 Å². The molecule has 0 aliphatic heterocycles. The molecule has 4 heteroatoms. The van der Waals surface area contributed by atoms with Crippen molar-refractivity contribution in [1.29, 1.82) is 0 Å². The van der Waals surface area contributed by atoms with Crippen molar-refractivity contribution in [2.24, 2.45) is 0 Å². The van der Waals surface area contributed by atoms with Crippen LogP contribution in [0.3, 0.4) is 0 Å². The Bertz CT molecular complexity index is 392. The Balaban J connectivity index is 2.19. The highest BCUT2D eigenvalue weighted by Gasteiger charge is 2.20. The molecule has 2 rings (SSSR count). The van der Waals surface area contributed by atoms with Crippen molar-refractivity contribution in [2.45, 2.75) is 57.9 Å². The van der Waals surface area contributed by atoms with Gasteiger partial charge in [0.1, 0.15) is 16.2 Å². The lowest BCUT2D eigenvalue weighted by atomic mass is 9.96. The van der Waals surface area contributed by atoms with Crippen LogP contribution in [0.4, 0.5) is 5.82 Å². The molecule has 1 saturated carbocycles. The van der Waals surface area contributed by atoms with Crippen LogP contribution in [0.1, 0.15) is 52.3 Å². The van der Waals surface area contributed by atoms with Crippen molar-refractivity contribution in [1.82, 2.24) is 9.97 Å². The van der Waals surface area contributed by atoms with Gasteiger partial charge in [-0.2, -0.15) is 0 Å². The van der Waals surface area contributed by atoms with Gasteiger partial charge >= 0.3 is 0 Å². The first-order valence-corrected chi connectivity index (χ1v) is 7.06. The van der Waals surface area contributed by atoms with Gasteiger partial charge in [0.2, 0.25) is 0 Å². The van der Waals surface area contributed by atoms with Gasteiger partial charge in [-0.3, -0.25) is 0 Å². The summed E-state index contributed by atoms with van der Waals surface area (Å²) in [5.41, 5.74) is -0.0180. The van der Waals surface area contributed by atoms with Crippen LogP contribution in [0.5, 0.6) is 0 Å². The van der Waals surface area contributed by atoms with Gasteiger partial charge in [0.05, 0.1) is 0 Å². The Hall–Kier alpha value is -0.640. The molecule has 1 N–H and O–H groups in total. The Morgan fingerprint density at radius 3 is 2.47 bits per heavy atom. The second kappa shape index (κ2) is 4.92. The van der Waals surface area contributed by atoms with E-state index in [2.05, 4.69) is 52.0 Å². The number of hydrogen-bond acceptors (Lipinski definition) is 3. The van der Waals surface area contributed by atoms with Crippen LogP contribution in [0.25, 0.3) is 0 Å². The zero-order valence-electron chi connectivity index (χ0n) is 10.8. The molecule has 1 aliphatic carbocycles. The Morgan fingerprint density at radius 2 is 1.88 bits per heavy atom. The third kappa shape index (κ3) is 3.41. The highest BCUT2D eigenvalue weighted by Crippen LogP contribution is 2.25. The predicted octanol–water partition coefficient (Wildman–Crippen LogP) is 3.89. The molecule has 3 nitrogen and oxygen atoms in total. The second-order valence-electron chi connectivity index (χ2n) is 5.78. The molecule has 0 amide bonds. The van der Waals surface area contributed by atoms with Crippen LogP contribution in [-0.4, -0.2) is 16.0 Å². The summed E-state index contributed by atoms with van der Waals surface area (Å²) in [6, 6.07) is 2.55. The van der Waals surface area contributed by atoms with Crippen LogP contribution >= 0.6 is 15.9 Å². The van der Waals surface area contributed by atoms with Crippen molar-refractivity contribution in [2.75, 3.05) is 5.32 Å². The summed E-state index contributed by atoms with van der Waals surface area (Å²) in [4.78, 5) is 9.06. The van der Waals surface area contributed by atoms with Crippen molar-refractivity contribution in [3.05, 3.63) is 16.5 Å². The van der Waals surface area contributed by atoms with Crippen LogP contribution in [0.15, 0.2) is 10.7 Å². The standard InChI is InChI=1S/C13H20BrN3/c1-13(2,3)12-16-10(14)8-11(17-12)15-9-6-4-5-7-9/h8-9H,4-7H2,1-3H3,(H,15,16,17). The summed E-state index contributed by atoms with van der Waals surface area (Å²) in [6.45, 7) is 6.40. The first-order chi connectivity index (χ1) is 7.95. The van der Waals surface area contributed by atoms with Gasteiger partial charge < -0.3 is 5.32 Å². The fourth-order valence-corrected chi connectivity index (χ4v) is 2.49. The molecular formula is C13H20BrN3. The van der Waals surface area contributed by atoms with E-state index in [1.165, 1.54) is 25.7 Å². The number of hydrogen-bond donors (Lipinski definition) is 1. The molecule has 0 unspecified atom stereocenters. The molecule has 1 fully saturated rings. The Morgan fingerprint density at radius 1 is 1.24 bits per heavy atom. The monoisotopic (exact) mass is 297 g/mol. The quantitative estimate of drug-likeness (QED) is 0.842. The summed E-state index contributed by atoms with van der Waals surface area (Å²) in [5, 5.41) is 3.51. The normalized spacial score (nSPS) is 17.4. The number of anilines is 1. The summed E-state index contributed by atoms with van der Waals surface area (Å²) >= 11 is 3.46. The fourth-order valence-electron chi connectivity index (χ4n) is 2.11. The molecule has 0 radical (unpaired) electrons. The highest BCUT2D eigenvalue weighted by molar-refractivity contribution is 9.10. The van der Waals surface area contributed by atoms with Crippen LogP contribution in [0, 0.1) is 0 Å². The van der Waals surface area contributed by atoms with E-state index >= 15 is 0 Å². The van der Waals surface area contributed by atoms with E-state index in [4.69, 9.17) is 0 Å². The van der Waals surface area contributed by atoms with Crippen molar-refractivity contribution < 1.29 is 0 Å². The number of rotatable bonds is 2. The van der Waals surface area contributed by atoms with E-state index in [0.717, 1.165) is 16.2 Å². The van der Waals surface area contributed by atoms with Crippen molar-refractivity contribution in [3.8, 4) is 0 Å². The molecular weight excluding hydrogens is 278 g/mol. The minimum atomic E-state index is -0.0180. The number of halogens is 1. The van der Waals surface area contributed by atoms with E-state index in [0.29, 0.717) is 6.04 Å². The molecule has 1 heterocycles. The average molecular weight is 298 g/mol. The predicted molar refractivity (Wildman–Crippen MR) is 74.3 cm³/mol. The van der Waals surface area contributed by atoms with E-state index in [-0.39, 0.29) is 5.41 Å². The summed E-state index contributed by atoms with van der Waals surface area (Å²) in [6.07, 6.45) is 5.17.